The molecule has 5 heteroatoms. The number of nitrogens with two attached hydrogens (primary N) is 1. The van der Waals surface area contributed by atoms with Gasteiger partial charge in [-0.1, -0.05) is 36.0 Å². The van der Waals surface area contributed by atoms with Gasteiger partial charge in [0.05, 0.1) is 0 Å². The maximum absolute atomic E-state index is 6.39. The predicted molar refractivity (Wildman–Crippen MR) is 91.8 cm³/mol. The number of nitrogens with zero attached hydrogens (tertiary/aromatic N) is 2. The Kier molecular flexibility index (Phi) is 4.79. The SMILES string of the molecule is NC(=S)c1ccc(CN2CCCN3CCCC3C2)c(Cl)c1. The van der Waals surface area contributed by atoms with Crippen molar-refractivity contribution >= 4 is 28.8 Å². The molecule has 2 fully saturated rings. The highest BCUT2D eigenvalue weighted by molar-refractivity contribution is 7.80. The van der Waals surface area contributed by atoms with Gasteiger partial charge in [0.15, 0.2) is 0 Å². The lowest BCUT2D eigenvalue weighted by molar-refractivity contribution is 0.215. The number of benzene rings is 1. The molecule has 1 unspecified atom stereocenters. The molecule has 3 rings (SSSR count). The fourth-order valence-electron chi connectivity index (χ4n) is 3.50. The predicted octanol–water partition coefficient (Wildman–Crippen LogP) is 2.64. The van der Waals surface area contributed by atoms with E-state index >= 15 is 0 Å². The van der Waals surface area contributed by atoms with Crippen molar-refractivity contribution in [1.29, 1.82) is 0 Å². The third-order valence-electron chi connectivity index (χ3n) is 4.62. The summed E-state index contributed by atoms with van der Waals surface area (Å²) in [7, 11) is 0. The van der Waals surface area contributed by atoms with Crippen LogP contribution in [0, 0.1) is 0 Å². The van der Waals surface area contributed by atoms with Crippen LogP contribution in [0.1, 0.15) is 30.4 Å². The minimum atomic E-state index is 0.403. The molecule has 0 bridgehead atoms. The van der Waals surface area contributed by atoms with E-state index in [4.69, 9.17) is 29.6 Å². The molecular formula is C16H22ClN3S. The molecule has 2 aliphatic rings. The lowest BCUT2D eigenvalue weighted by Gasteiger charge is -2.26. The second-order valence-corrected chi connectivity index (χ2v) is 6.94. The second kappa shape index (κ2) is 6.61. The van der Waals surface area contributed by atoms with Crippen molar-refractivity contribution in [1.82, 2.24) is 9.80 Å². The van der Waals surface area contributed by atoms with Gasteiger partial charge in [0.25, 0.3) is 0 Å². The molecule has 0 saturated carbocycles. The fourth-order valence-corrected chi connectivity index (χ4v) is 3.86. The van der Waals surface area contributed by atoms with Gasteiger partial charge in [-0.25, -0.2) is 0 Å². The third-order valence-corrected chi connectivity index (χ3v) is 5.21. The number of rotatable bonds is 3. The van der Waals surface area contributed by atoms with Gasteiger partial charge in [-0.15, -0.1) is 0 Å². The lowest BCUT2D eigenvalue weighted by atomic mass is 10.1. The fraction of sp³-hybridized carbons (Fsp3) is 0.562. The van der Waals surface area contributed by atoms with E-state index in [1.807, 2.05) is 12.1 Å². The zero-order chi connectivity index (χ0) is 14.8. The van der Waals surface area contributed by atoms with Crippen molar-refractivity contribution in [3.8, 4) is 0 Å². The molecule has 21 heavy (non-hydrogen) atoms. The van der Waals surface area contributed by atoms with Gasteiger partial charge in [-0.05, 0) is 50.5 Å². The van der Waals surface area contributed by atoms with Gasteiger partial charge in [0.2, 0.25) is 0 Å². The molecule has 1 aromatic carbocycles. The van der Waals surface area contributed by atoms with Crippen molar-refractivity contribution in [3.63, 3.8) is 0 Å². The number of hydrogen-bond acceptors (Lipinski definition) is 3. The van der Waals surface area contributed by atoms with Crippen LogP contribution in [0.5, 0.6) is 0 Å². The molecule has 2 saturated heterocycles. The van der Waals surface area contributed by atoms with E-state index in [0.29, 0.717) is 4.99 Å². The smallest absolute Gasteiger partial charge is 0.104 e. The Labute approximate surface area is 137 Å². The van der Waals surface area contributed by atoms with Crippen molar-refractivity contribution in [3.05, 3.63) is 34.3 Å². The maximum Gasteiger partial charge on any atom is 0.104 e. The van der Waals surface area contributed by atoms with Crippen LogP contribution in [-0.2, 0) is 6.54 Å². The summed E-state index contributed by atoms with van der Waals surface area (Å²) in [5, 5.41) is 0.771. The summed E-state index contributed by atoms with van der Waals surface area (Å²) in [6, 6.07) is 6.66. The van der Waals surface area contributed by atoms with Gasteiger partial charge in [-0.2, -0.15) is 0 Å². The summed E-state index contributed by atoms with van der Waals surface area (Å²) in [5.74, 6) is 0. The quantitative estimate of drug-likeness (QED) is 0.867. The lowest BCUT2D eigenvalue weighted by Crippen LogP contribution is -2.36. The Hall–Kier alpha value is -0.680. The molecule has 0 spiro atoms. The number of hydrogen-bond donors (Lipinski definition) is 1. The Morgan fingerprint density at radius 3 is 2.86 bits per heavy atom. The van der Waals surface area contributed by atoms with E-state index < -0.39 is 0 Å². The van der Waals surface area contributed by atoms with Crippen LogP contribution in [0.2, 0.25) is 5.02 Å². The monoisotopic (exact) mass is 323 g/mol. The summed E-state index contributed by atoms with van der Waals surface area (Å²) in [6.45, 7) is 5.76. The maximum atomic E-state index is 6.39. The van der Waals surface area contributed by atoms with E-state index in [1.54, 1.807) is 0 Å². The van der Waals surface area contributed by atoms with Crippen molar-refractivity contribution in [2.45, 2.75) is 31.8 Å². The topological polar surface area (TPSA) is 32.5 Å². The molecule has 0 aromatic heterocycles. The van der Waals surface area contributed by atoms with Crippen molar-refractivity contribution in [2.75, 3.05) is 26.2 Å². The van der Waals surface area contributed by atoms with Gasteiger partial charge in [0.1, 0.15) is 4.99 Å². The van der Waals surface area contributed by atoms with Gasteiger partial charge in [-0.3, -0.25) is 9.80 Å². The molecule has 0 aliphatic carbocycles. The highest BCUT2D eigenvalue weighted by atomic mass is 35.5. The molecular weight excluding hydrogens is 302 g/mol. The van der Waals surface area contributed by atoms with E-state index in [9.17, 15) is 0 Å². The average molecular weight is 324 g/mol. The van der Waals surface area contributed by atoms with Crippen LogP contribution in [0.15, 0.2) is 18.2 Å². The van der Waals surface area contributed by atoms with Crippen molar-refractivity contribution in [2.24, 2.45) is 5.73 Å². The average Bonchev–Trinajstić information content (AvgIpc) is 2.79. The zero-order valence-electron chi connectivity index (χ0n) is 12.2. The Morgan fingerprint density at radius 2 is 2.10 bits per heavy atom. The Morgan fingerprint density at radius 1 is 1.29 bits per heavy atom. The van der Waals surface area contributed by atoms with E-state index in [1.165, 1.54) is 37.9 Å². The molecule has 2 N–H and O–H groups in total. The first-order valence-electron chi connectivity index (χ1n) is 7.68. The van der Waals surface area contributed by atoms with Crippen LogP contribution in [0.3, 0.4) is 0 Å². The first-order chi connectivity index (χ1) is 10.1. The summed E-state index contributed by atoms with van der Waals surface area (Å²) >= 11 is 11.4. The van der Waals surface area contributed by atoms with Crippen LogP contribution in [0.25, 0.3) is 0 Å². The molecule has 0 radical (unpaired) electrons. The van der Waals surface area contributed by atoms with Crippen molar-refractivity contribution < 1.29 is 0 Å². The highest BCUT2D eigenvalue weighted by Gasteiger charge is 2.28. The largest absolute Gasteiger partial charge is 0.389 e. The summed E-state index contributed by atoms with van der Waals surface area (Å²) < 4.78 is 0. The van der Waals surface area contributed by atoms with Crippen LogP contribution in [0.4, 0.5) is 0 Å². The molecule has 0 amide bonds. The number of halogens is 1. The zero-order valence-corrected chi connectivity index (χ0v) is 13.8. The Balaban J connectivity index is 1.69. The van der Waals surface area contributed by atoms with Gasteiger partial charge in [0, 0.05) is 29.7 Å². The first-order valence-corrected chi connectivity index (χ1v) is 8.47. The normalized spacial score (nSPS) is 23.8. The molecule has 1 atom stereocenters. The van der Waals surface area contributed by atoms with Crippen LogP contribution >= 0.6 is 23.8 Å². The van der Waals surface area contributed by atoms with Gasteiger partial charge < -0.3 is 5.73 Å². The molecule has 1 aromatic rings. The second-order valence-electron chi connectivity index (χ2n) is 6.09. The van der Waals surface area contributed by atoms with Crippen LogP contribution in [-0.4, -0.2) is 47.0 Å². The highest BCUT2D eigenvalue weighted by Crippen LogP contribution is 2.24. The molecule has 2 aliphatic heterocycles. The molecule has 2 heterocycles. The molecule has 114 valence electrons. The first kappa shape index (κ1) is 15.2. The summed E-state index contributed by atoms with van der Waals surface area (Å²) in [6.07, 6.45) is 3.94. The standard InChI is InChI=1S/C16H22ClN3S/c17-15-9-12(16(18)21)4-5-13(15)10-19-6-2-8-20-7-1-3-14(20)11-19/h4-5,9,14H,1-3,6-8,10-11H2,(H2,18,21). The number of thiocarbonyl (C=S) groups is 1. The summed E-state index contributed by atoms with van der Waals surface area (Å²) in [5.41, 5.74) is 7.67. The van der Waals surface area contributed by atoms with E-state index in [2.05, 4.69) is 15.9 Å². The molecule has 3 nitrogen and oxygen atoms in total. The third kappa shape index (κ3) is 3.57. The minimum absolute atomic E-state index is 0.403. The van der Waals surface area contributed by atoms with E-state index in [0.717, 1.165) is 36.3 Å². The van der Waals surface area contributed by atoms with Crippen LogP contribution < -0.4 is 5.73 Å². The van der Waals surface area contributed by atoms with Gasteiger partial charge >= 0.3 is 0 Å². The number of fused-ring (bicyclic) bond motifs is 1. The summed E-state index contributed by atoms with van der Waals surface area (Å²) in [4.78, 5) is 5.59. The van der Waals surface area contributed by atoms with E-state index in [-0.39, 0.29) is 0 Å². The Bertz CT molecular complexity index is 534. The minimum Gasteiger partial charge on any atom is -0.389 e.